The fourth-order valence-electron chi connectivity index (χ4n) is 2.28. The van der Waals surface area contributed by atoms with Crippen molar-refractivity contribution in [3.8, 4) is 0 Å². The Kier molecular flexibility index (Phi) is 3.55. The highest BCUT2D eigenvalue weighted by Crippen LogP contribution is 2.25. The lowest BCUT2D eigenvalue weighted by atomic mass is 10.1. The van der Waals surface area contributed by atoms with E-state index in [9.17, 15) is 4.39 Å². The summed E-state index contributed by atoms with van der Waals surface area (Å²) in [6.07, 6.45) is 0. The summed E-state index contributed by atoms with van der Waals surface area (Å²) in [6.45, 7) is 2.51. The molecule has 0 saturated carbocycles. The molecule has 21 heavy (non-hydrogen) atoms. The minimum Gasteiger partial charge on any atom is -0.379 e. The topological polar surface area (TPSA) is 29.9 Å². The molecule has 3 nitrogen and oxygen atoms in total. The van der Waals surface area contributed by atoms with E-state index in [1.807, 2.05) is 44.3 Å². The highest BCUT2D eigenvalue weighted by molar-refractivity contribution is 6.30. The number of nitrogens with one attached hydrogen (secondary N) is 1. The summed E-state index contributed by atoms with van der Waals surface area (Å²) in [5.41, 5.74) is 3.21. The molecule has 0 spiro atoms. The van der Waals surface area contributed by atoms with Crippen molar-refractivity contribution in [3.05, 3.63) is 58.5 Å². The maximum atomic E-state index is 14.1. The van der Waals surface area contributed by atoms with Gasteiger partial charge in [0.15, 0.2) is 0 Å². The fraction of sp³-hybridized carbons (Fsp3) is 0.188. The van der Waals surface area contributed by atoms with Crippen LogP contribution in [0, 0.1) is 12.7 Å². The van der Waals surface area contributed by atoms with E-state index in [-0.39, 0.29) is 5.82 Å². The quantitative estimate of drug-likeness (QED) is 0.782. The minimum absolute atomic E-state index is 0.297. The Morgan fingerprint density at radius 2 is 1.95 bits per heavy atom. The number of hydrogen-bond acceptors (Lipinski definition) is 2. The SMILES string of the molecule is Cc1c2cc(NCc3ccc(Cl)cc3)c(F)cc2nn1C. The van der Waals surface area contributed by atoms with Crippen molar-refractivity contribution in [1.29, 1.82) is 0 Å². The second-order valence-corrected chi connectivity index (χ2v) is 5.47. The lowest BCUT2D eigenvalue weighted by Crippen LogP contribution is -2.01. The van der Waals surface area contributed by atoms with Crippen LogP contribution >= 0.6 is 11.6 Å². The van der Waals surface area contributed by atoms with Gasteiger partial charge in [0.05, 0.1) is 11.2 Å². The van der Waals surface area contributed by atoms with Gasteiger partial charge >= 0.3 is 0 Å². The largest absolute Gasteiger partial charge is 0.379 e. The van der Waals surface area contributed by atoms with Crippen LogP contribution < -0.4 is 5.32 Å². The van der Waals surface area contributed by atoms with Crippen molar-refractivity contribution in [2.24, 2.45) is 7.05 Å². The van der Waals surface area contributed by atoms with Crippen molar-refractivity contribution in [1.82, 2.24) is 9.78 Å². The Hall–Kier alpha value is -2.07. The number of nitrogens with zero attached hydrogens (tertiary/aromatic N) is 2. The molecule has 3 aromatic rings. The van der Waals surface area contributed by atoms with Gasteiger partial charge in [-0.1, -0.05) is 23.7 Å². The Balaban J connectivity index is 1.87. The van der Waals surface area contributed by atoms with Crippen molar-refractivity contribution < 1.29 is 4.39 Å². The highest BCUT2D eigenvalue weighted by Gasteiger charge is 2.10. The molecule has 108 valence electrons. The number of benzene rings is 2. The first-order valence-corrected chi connectivity index (χ1v) is 7.03. The van der Waals surface area contributed by atoms with Crippen molar-refractivity contribution in [2.45, 2.75) is 13.5 Å². The van der Waals surface area contributed by atoms with Gasteiger partial charge in [0.2, 0.25) is 0 Å². The standard InChI is InChI=1S/C16H15ClFN3/c1-10-13-7-16(14(18)8-15(13)20-21(10)2)19-9-11-3-5-12(17)6-4-11/h3-8,19H,9H2,1-2H3. The lowest BCUT2D eigenvalue weighted by Gasteiger charge is -2.08. The van der Waals surface area contributed by atoms with Crippen LogP contribution in [0.4, 0.5) is 10.1 Å². The van der Waals surface area contributed by atoms with Crippen molar-refractivity contribution in [3.63, 3.8) is 0 Å². The summed E-state index contributed by atoms with van der Waals surface area (Å²) in [4.78, 5) is 0. The van der Waals surface area contributed by atoms with E-state index in [0.717, 1.165) is 16.6 Å². The van der Waals surface area contributed by atoms with Gasteiger partial charge < -0.3 is 5.32 Å². The van der Waals surface area contributed by atoms with Gasteiger partial charge in [-0.3, -0.25) is 4.68 Å². The van der Waals surface area contributed by atoms with Crippen LogP contribution in [0.15, 0.2) is 36.4 Å². The zero-order valence-corrected chi connectivity index (χ0v) is 12.6. The number of anilines is 1. The monoisotopic (exact) mass is 303 g/mol. The summed E-state index contributed by atoms with van der Waals surface area (Å²) >= 11 is 5.85. The van der Waals surface area contributed by atoms with Gasteiger partial charge in [-0.25, -0.2) is 4.39 Å². The lowest BCUT2D eigenvalue weighted by molar-refractivity contribution is 0.631. The number of rotatable bonds is 3. The van der Waals surface area contributed by atoms with Gasteiger partial charge in [-0.15, -0.1) is 0 Å². The molecule has 0 amide bonds. The van der Waals surface area contributed by atoms with Gasteiger partial charge in [0, 0.05) is 35.8 Å². The first-order valence-electron chi connectivity index (χ1n) is 6.66. The molecule has 0 radical (unpaired) electrons. The number of fused-ring (bicyclic) bond motifs is 1. The number of halogens is 2. The van der Waals surface area contributed by atoms with Crippen molar-refractivity contribution >= 4 is 28.2 Å². The predicted molar refractivity (Wildman–Crippen MR) is 84.2 cm³/mol. The van der Waals surface area contributed by atoms with E-state index < -0.39 is 0 Å². The van der Waals surface area contributed by atoms with Crippen molar-refractivity contribution in [2.75, 3.05) is 5.32 Å². The van der Waals surface area contributed by atoms with E-state index in [0.29, 0.717) is 22.8 Å². The van der Waals surface area contributed by atoms with E-state index in [1.54, 1.807) is 4.68 Å². The Morgan fingerprint density at radius 1 is 1.24 bits per heavy atom. The third kappa shape index (κ3) is 2.72. The second kappa shape index (κ2) is 5.37. The van der Waals surface area contributed by atoms with Gasteiger partial charge in [0.25, 0.3) is 0 Å². The van der Waals surface area contributed by atoms with Gasteiger partial charge in [-0.2, -0.15) is 5.10 Å². The van der Waals surface area contributed by atoms with Crippen LogP contribution in [0.2, 0.25) is 5.02 Å². The molecule has 3 rings (SSSR count). The molecule has 0 fully saturated rings. The summed E-state index contributed by atoms with van der Waals surface area (Å²) in [6, 6.07) is 10.8. The smallest absolute Gasteiger partial charge is 0.148 e. The zero-order chi connectivity index (χ0) is 15.0. The fourth-order valence-corrected chi connectivity index (χ4v) is 2.41. The average Bonchev–Trinajstić information content (AvgIpc) is 2.73. The number of aromatic nitrogens is 2. The first-order chi connectivity index (χ1) is 10.0. The molecule has 5 heteroatoms. The molecule has 0 aliphatic carbocycles. The molecule has 0 saturated heterocycles. The third-order valence-corrected chi connectivity index (χ3v) is 3.87. The minimum atomic E-state index is -0.297. The highest BCUT2D eigenvalue weighted by atomic mass is 35.5. The Bertz CT molecular complexity index is 793. The van der Waals surface area contributed by atoms with E-state index >= 15 is 0 Å². The summed E-state index contributed by atoms with van der Waals surface area (Å²) < 4.78 is 15.9. The molecule has 0 bridgehead atoms. The van der Waals surface area contributed by atoms with E-state index in [2.05, 4.69) is 10.4 Å². The summed E-state index contributed by atoms with van der Waals surface area (Å²) in [7, 11) is 1.86. The molecule has 0 atom stereocenters. The molecular formula is C16H15ClFN3. The van der Waals surface area contributed by atoms with Crippen LogP contribution in [0.1, 0.15) is 11.3 Å². The molecule has 0 unspecified atom stereocenters. The molecule has 2 aromatic carbocycles. The Labute approximate surface area is 127 Å². The second-order valence-electron chi connectivity index (χ2n) is 5.04. The predicted octanol–water partition coefficient (Wildman–Crippen LogP) is 4.29. The molecular weight excluding hydrogens is 289 g/mol. The molecule has 1 heterocycles. The molecule has 1 N–H and O–H groups in total. The molecule has 1 aromatic heterocycles. The molecule has 0 aliphatic rings. The van der Waals surface area contributed by atoms with Crippen LogP contribution in [-0.2, 0) is 13.6 Å². The third-order valence-electron chi connectivity index (χ3n) is 3.61. The zero-order valence-electron chi connectivity index (χ0n) is 11.8. The van der Waals surface area contributed by atoms with Crippen LogP contribution in [0.5, 0.6) is 0 Å². The maximum Gasteiger partial charge on any atom is 0.148 e. The number of aryl methyl sites for hydroxylation is 2. The van der Waals surface area contributed by atoms with E-state index in [1.165, 1.54) is 6.07 Å². The van der Waals surface area contributed by atoms with E-state index in [4.69, 9.17) is 11.6 Å². The van der Waals surface area contributed by atoms with Gasteiger partial charge in [0.1, 0.15) is 5.82 Å². The number of hydrogen-bond donors (Lipinski definition) is 1. The summed E-state index contributed by atoms with van der Waals surface area (Å²) in [5, 5.41) is 9.05. The maximum absolute atomic E-state index is 14.1. The van der Waals surface area contributed by atoms with Gasteiger partial charge in [-0.05, 0) is 30.7 Å². The molecule has 0 aliphatic heterocycles. The Morgan fingerprint density at radius 3 is 2.67 bits per heavy atom. The van der Waals surface area contributed by atoms with Crippen LogP contribution in [-0.4, -0.2) is 9.78 Å². The van der Waals surface area contributed by atoms with Crippen LogP contribution in [0.25, 0.3) is 10.9 Å². The van der Waals surface area contributed by atoms with Crippen LogP contribution in [0.3, 0.4) is 0 Å². The first kappa shape index (κ1) is 13.9. The summed E-state index contributed by atoms with van der Waals surface area (Å²) in [5.74, 6) is -0.297. The average molecular weight is 304 g/mol. The normalized spacial score (nSPS) is 11.0.